The van der Waals surface area contributed by atoms with Crippen LogP contribution in [0, 0.1) is 5.92 Å². The zero-order valence-corrected chi connectivity index (χ0v) is 8.37. The van der Waals surface area contributed by atoms with Gasteiger partial charge in [0.2, 0.25) is 0 Å². The highest BCUT2D eigenvalue weighted by molar-refractivity contribution is 8.00. The summed E-state index contributed by atoms with van der Waals surface area (Å²) in [5, 5.41) is 3.15. The molecule has 0 aromatic heterocycles. The van der Waals surface area contributed by atoms with Gasteiger partial charge >= 0.3 is 6.18 Å². The van der Waals surface area contributed by atoms with Crippen LogP contribution in [-0.4, -0.2) is 23.0 Å². The molecule has 6 heteroatoms. The zero-order chi connectivity index (χ0) is 10.3. The molecule has 14 heavy (non-hydrogen) atoms. The van der Waals surface area contributed by atoms with Crippen molar-refractivity contribution in [2.24, 2.45) is 11.7 Å². The minimum atomic E-state index is -4.03. The lowest BCUT2D eigenvalue weighted by Gasteiger charge is -2.31. The number of fused-ring (bicyclic) bond motifs is 1. The van der Waals surface area contributed by atoms with Crippen LogP contribution in [0.4, 0.5) is 13.2 Å². The van der Waals surface area contributed by atoms with Crippen LogP contribution >= 0.6 is 11.8 Å². The van der Waals surface area contributed by atoms with E-state index in [9.17, 15) is 13.2 Å². The molecule has 82 valence electrons. The third-order valence-corrected chi connectivity index (χ3v) is 4.25. The van der Waals surface area contributed by atoms with E-state index in [4.69, 9.17) is 5.73 Å². The molecule has 4 unspecified atom stereocenters. The average Bonchev–Trinajstić information content (AvgIpc) is 2.41. The second-order valence-electron chi connectivity index (χ2n) is 3.92. The van der Waals surface area contributed by atoms with Crippen LogP contribution in [0.3, 0.4) is 0 Å². The van der Waals surface area contributed by atoms with E-state index in [1.165, 1.54) is 11.8 Å². The predicted octanol–water partition coefficient (Wildman–Crippen LogP) is 1.66. The Kier molecular flexibility index (Phi) is 2.70. The summed E-state index contributed by atoms with van der Waals surface area (Å²) in [4.78, 5) is 0. The molecular weight excluding hydrogens is 213 g/mol. The maximum Gasteiger partial charge on any atom is 0.391 e. The lowest BCUT2D eigenvalue weighted by Crippen LogP contribution is -2.42. The van der Waals surface area contributed by atoms with E-state index in [-0.39, 0.29) is 29.6 Å². The Balaban J connectivity index is 1.98. The monoisotopic (exact) mass is 226 g/mol. The third kappa shape index (κ3) is 2.01. The van der Waals surface area contributed by atoms with Crippen molar-refractivity contribution in [1.29, 1.82) is 0 Å². The molecule has 0 bridgehead atoms. The van der Waals surface area contributed by atoms with E-state index in [0.717, 1.165) is 0 Å². The molecular formula is C8H13F3N2S. The van der Waals surface area contributed by atoms with E-state index in [0.29, 0.717) is 6.42 Å². The van der Waals surface area contributed by atoms with Crippen LogP contribution in [0.15, 0.2) is 0 Å². The van der Waals surface area contributed by atoms with E-state index in [2.05, 4.69) is 5.32 Å². The first-order valence-electron chi connectivity index (χ1n) is 4.70. The average molecular weight is 226 g/mol. The van der Waals surface area contributed by atoms with Crippen molar-refractivity contribution in [2.45, 2.75) is 42.2 Å². The molecule has 0 aromatic rings. The summed E-state index contributed by atoms with van der Waals surface area (Å²) >= 11 is 1.44. The van der Waals surface area contributed by atoms with Crippen molar-refractivity contribution in [3.05, 3.63) is 0 Å². The second kappa shape index (κ2) is 3.57. The molecule has 2 fully saturated rings. The van der Waals surface area contributed by atoms with Crippen LogP contribution < -0.4 is 11.1 Å². The highest BCUT2D eigenvalue weighted by Crippen LogP contribution is 2.43. The van der Waals surface area contributed by atoms with E-state index in [1.54, 1.807) is 0 Å². The van der Waals surface area contributed by atoms with Gasteiger partial charge in [-0.3, -0.25) is 5.32 Å². The van der Waals surface area contributed by atoms with Crippen LogP contribution in [0.5, 0.6) is 0 Å². The Morgan fingerprint density at radius 2 is 2.00 bits per heavy atom. The van der Waals surface area contributed by atoms with E-state index in [1.807, 2.05) is 0 Å². The summed E-state index contributed by atoms with van der Waals surface area (Å²) < 4.78 is 37.3. The van der Waals surface area contributed by atoms with Crippen molar-refractivity contribution >= 4 is 11.8 Å². The molecule has 0 aromatic carbocycles. The maximum atomic E-state index is 12.4. The molecule has 1 saturated heterocycles. The van der Waals surface area contributed by atoms with Crippen LogP contribution in [-0.2, 0) is 0 Å². The molecule has 3 N–H and O–H groups in total. The molecule has 2 nitrogen and oxygen atoms in total. The van der Waals surface area contributed by atoms with Crippen LogP contribution in [0.1, 0.15) is 19.3 Å². The minimum absolute atomic E-state index is 0.0466. The summed E-state index contributed by atoms with van der Waals surface area (Å²) in [6, 6.07) is 0.189. The fraction of sp³-hybridized carbons (Fsp3) is 1.00. The molecule has 0 amide bonds. The smallest absolute Gasteiger partial charge is 0.307 e. The van der Waals surface area contributed by atoms with Crippen LogP contribution in [0.2, 0.25) is 0 Å². The number of nitrogens with one attached hydrogen (secondary N) is 1. The lowest BCUT2D eigenvalue weighted by molar-refractivity contribution is -0.181. The number of thioether (sulfide) groups is 1. The summed E-state index contributed by atoms with van der Waals surface area (Å²) in [5.74, 6) is -1.12. The van der Waals surface area contributed by atoms with Gasteiger partial charge in [0.15, 0.2) is 0 Å². The standard InChI is InChI=1S/C8H13F3N2S/c9-8(10,11)4-1-2-5-6(3-4)14-7(12)13-5/h4-7,13H,1-3,12H2. The van der Waals surface area contributed by atoms with Crippen molar-refractivity contribution in [2.75, 3.05) is 0 Å². The first-order valence-corrected chi connectivity index (χ1v) is 5.65. The first kappa shape index (κ1) is 10.6. The largest absolute Gasteiger partial charge is 0.391 e. The molecule has 1 saturated carbocycles. The van der Waals surface area contributed by atoms with Gasteiger partial charge in [0.25, 0.3) is 0 Å². The van der Waals surface area contributed by atoms with Gasteiger partial charge in [-0.1, -0.05) is 0 Å². The summed E-state index contributed by atoms with van der Waals surface area (Å²) in [6.45, 7) is 0. The van der Waals surface area contributed by atoms with Gasteiger partial charge in [0.05, 0.1) is 5.92 Å². The highest BCUT2D eigenvalue weighted by atomic mass is 32.2. The van der Waals surface area contributed by atoms with Gasteiger partial charge in [-0.2, -0.15) is 13.2 Å². The quantitative estimate of drug-likeness (QED) is 0.659. The minimum Gasteiger partial charge on any atom is -0.307 e. The molecule has 1 aliphatic heterocycles. The Bertz CT molecular complexity index is 221. The Morgan fingerprint density at radius 1 is 1.29 bits per heavy atom. The van der Waals surface area contributed by atoms with Gasteiger partial charge in [-0.15, -0.1) is 11.8 Å². The fourth-order valence-electron chi connectivity index (χ4n) is 2.21. The molecule has 1 heterocycles. The van der Waals surface area contributed by atoms with Gasteiger partial charge in [-0.05, 0) is 19.3 Å². The second-order valence-corrected chi connectivity index (χ2v) is 5.31. The molecule has 1 aliphatic carbocycles. The van der Waals surface area contributed by atoms with Crippen molar-refractivity contribution < 1.29 is 13.2 Å². The molecule has 4 atom stereocenters. The number of rotatable bonds is 0. The van der Waals surface area contributed by atoms with Gasteiger partial charge in [0.1, 0.15) is 5.50 Å². The molecule has 0 radical (unpaired) electrons. The maximum absolute atomic E-state index is 12.4. The summed E-state index contributed by atoms with van der Waals surface area (Å²) in [6.07, 6.45) is -2.97. The van der Waals surface area contributed by atoms with E-state index < -0.39 is 12.1 Å². The number of nitrogens with two attached hydrogens (primary N) is 1. The first-order chi connectivity index (χ1) is 6.47. The number of hydrogen-bond acceptors (Lipinski definition) is 3. The normalized spacial score (nSPS) is 43.7. The highest BCUT2D eigenvalue weighted by Gasteiger charge is 2.47. The summed E-state index contributed by atoms with van der Waals surface area (Å²) in [7, 11) is 0. The number of hydrogen-bond donors (Lipinski definition) is 2. The molecule has 2 aliphatic rings. The predicted molar refractivity (Wildman–Crippen MR) is 49.7 cm³/mol. The van der Waals surface area contributed by atoms with Crippen molar-refractivity contribution in [3.63, 3.8) is 0 Å². The number of alkyl halides is 3. The zero-order valence-electron chi connectivity index (χ0n) is 7.55. The third-order valence-electron chi connectivity index (χ3n) is 2.95. The van der Waals surface area contributed by atoms with Gasteiger partial charge < -0.3 is 5.73 Å². The van der Waals surface area contributed by atoms with Gasteiger partial charge in [-0.25, -0.2) is 0 Å². The lowest BCUT2D eigenvalue weighted by atomic mass is 9.85. The Labute approximate surface area is 84.8 Å². The topological polar surface area (TPSA) is 38.0 Å². The van der Waals surface area contributed by atoms with E-state index >= 15 is 0 Å². The van der Waals surface area contributed by atoms with Crippen molar-refractivity contribution in [3.8, 4) is 0 Å². The fourth-order valence-corrected chi connectivity index (χ4v) is 3.58. The SMILES string of the molecule is NC1NC2CCC(C(F)(F)F)CC2S1. The molecule has 2 rings (SSSR count). The summed E-state index contributed by atoms with van der Waals surface area (Å²) in [5.41, 5.74) is 5.44. The molecule has 0 spiro atoms. The Hall–Kier alpha value is 0.0600. The Morgan fingerprint density at radius 3 is 2.64 bits per heavy atom. The van der Waals surface area contributed by atoms with Crippen molar-refractivity contribution in [1.82, 2.24) is 5.32 Å². The number of halogens is 3. The van der Waals surface area contributed by atoms with Gasteiger partial charge in [0, 0.05) is 11.3 Å². The van der Waals surface area contributed by atoms with Crippen LogP contribution in [0.25, 0.3) is 0 Å².